The van der Waals surface area contributed by atoms with Crippen LogP contribution >= 0.6 is 0 Å². The summed E-state index contributed by atoms with van der Waals surface area (Å²) in [5.74, 6) is 0. The summed E-state index contributed by atoms with van der Waals surface area (Å²) in [5, 5.41) is 7.71. The van der Waals surface area contributed by atoms with Crippen LogP contribution in [0, 0.1) is 6.92 Å². The summed E-state index contributed by atoms with van der Waals surface area (Å²) in [7, 11) is 1.97. The molecule has 0 saturated carbocycles. The number of hydrogen-bond acceptors (Lipinski definition) is 3. The molecule has 92 valence electrons. The largest absolute Gasteiger partial charge is 0.377 e. The predicted octanol–water partition coefficient (Wildman–Crippen LogP) is 1.80. The minimum absolute atomic E-state index is 0.254. The quantitative estimate of drug-likeness (QED) is 0.802. The Morgan fingerprint density at radius 1 is 1.50 bits per heavy atom. The summed E-state index contributed by atoms with van der Waals surface area (Å²) in [5.41, 5.74) is 2.47. The van der Waals surface area contributed by atoms with Crippen LogP contribution in [0.1, 0.15) is 38.1 Å². The van der Waals surface area contributed by atoms with Gasteiger partial charge in [0.1, 0.15) is 0 Å². The van der Waals surface area contributed by atoms with Gasteiger partial charge < -0.3 is 10.1 Å². The number of aryl methyl sites for hydroxylation is 1. The zero-order chi connectivity index (χ0) is 12.1. The van der Waals surface area contributed by atoms with Crippen molar-refractivity contribution in [3.05, 3.63) is 17.5 Å². The van der Waals surface area contributed by atoms with Crippen LogP contribution < -0.4 is 5.32 Å². The van der Waals surface area contributed by atoms with Gasteiger partial charge >= 0.3 is 0 Å². The third-order valence-electron chi connectivity index (χ3n) is 2.90. The Morgan fingerprint density at radius 2 is 2.19 bits per heavy atom. The van der Waals surface area contributed by atoms with Gasteiger partial charge in [0.15, 0.2) is 0 Å². The Balaban J connectivity index is 2.46. The molecule has 1 aromatic rings. The van der Waals surface area contributed by atoms with Crippen molar-refractivity contribution >= 4 is 0 Å². The van der Waals surface area contributed by atoms with Gasteiger partial charge in [0.25, 0.3) is 0 Å². The number of aromatic nitrogens is 2. The second kappa shape index (κ2) is 6.01. The van der Waals surface area contributed by atoms with Gasteiger partial charge in [-0.3, -0.25) is 4.68 Å². The van der Waals surface area contributed by atoms with Crippen LogP contribution in [0.2, 0.25) is 0 Å². The topological polar surface area (TPSA) is 39.1 Å². The van der Waals surface area contributed by atoms with E-state index in [-0.39, 0.29) is 6.10 Å². The Labute approximate surface area is 98.0 Å². The molecule has 0 spiro atoms. The smallest absolute Gasteiger partial charge is 0.0671 e. The number of hydrogen-bond donors (Lipinski definition) is 1. The predicted molar refractivity (Wildman–Crippen MR) is 65.5 cm³/mol. The molecule has 4 nitrogen and oxygen atoms in total. The lowest BCUT2D eigenvalue weighted by molar-refractivity contribution is 0.0743. The highest BCUT2D eigenvalue weighted by Crippen LogP contribution is 2.15. The lowest BCUT2D eigenvalue weighted by Crippen LogP contribution is -2.29. The Hall–Kier alpha value is -0.870. The first-order chi connectivity index (χ1) is 7.56. The third kappa shape index (κ3) is 3.32. The molecule has 0 aliphatic rings. The van der Waals surface area contributed by atoms with E-state index in [9.17, 15) is 0 Å². The van der Waals surface area contributed by atoms with E-state index in [1.54, 1.807) is 0 Å². The molecule has 0 bridgehead atoms. The van der Waals surface area contributed by atoms with Gasteiger partial charge in [-0.25, -0.2) is 0 Å². The summed E-state index contributed by atoms with van der Waals surface area (Å²) >= 11 is 0. The molecule has 0 aromatic carbocycles. The SMILES string of the molecule is CCOC(C)CNC(C)c1cnn(C)c1C. The molecule has 16 heavy (non-hydrogen) atoms. The molecular weight excluding hydrogens is 202 g/mol. The summed E-state index contributed by atoms with van der Waals surface area (Å²) in [6.07, 6.45) is 2.18. The first-order valence-corrected chi connectivity index (χ1v) is 5.89. The summed E-state index contributed by atoms with van der Waals surface area (Å²) in [4.78, 5) is 0. The van der Waals surface area contributed by atoms with E-state index < -0.39 is 0 Å². The van der Waals surface area contributed by atoms with Crippen LogP contribution in [0.4, 0.5) is 0 Å². The Morgan fingerprint density at radius 3 is 2.69 bits per heavy atom. The zero-order valence-corrected chi connectivity index (χ0v) is 10.9. The minimum Gasteiger partial charge on any atom is -0.377 e. The monoisotopic (exact) mass is 225 g/mol. The van der Waals surface area contributed by atoms with Gasteiger partial charge in [0, 0.05) is 37.5 Å². The van der Waals surface area contributed by atoms with E-state index in [1.807, 2.05) is 24.9 Å². The normalized spacial score (nSPS) is 15.1. The fourth-order valence-corrected chi connectivity index (χ4v) is 1.74. The number of nitrogens with zero attached hydrogens (tertiary/aromatic N) is 2. The Bertz CT molecular complexity index is 322. The van der Waals surface area contributed by atoms with Gasteiger partial charge in [-0.15, -0.1) is 0 Å². The second-order valence-corrected chi connectivity index (χ2v) is 4.20. The highest BCUT2D eigenvalue weighted by Gasteiger charge is 2.12. The maximum atomic E-state index is 5.48. The van der Waals surface area contributed by atoms with Crippen molar-refractivity contribution in [1.82, 2.24) is 15.1 Å². The van der Waals surface area contributed by atoms with Crippen LogP contribution in [-0.4, -0.2) is 29.0 Å². The molecule has 2 atom stereocenters. The van der Waals surface area contributed by atoms with Gasteiger partial charge in [-0.05, 0) is 27.7 Å². The van der Waals surface area contributed by atoms with Crippen LogP contribution in [0.15, 0.2) is 6.20 Å². The first-order valence-electron chi connectivity index (χ1n) is 5.89. The molecule has 0 aliphatic carbocycles. The molecule has 2 unspecified atom stereocenters. The van der Waals surface area contributed by atoms with E-state index in [1.165, 1.54) is 11.3 Å². The molecule has 4 heteroatoms. The lowest BCUT2D eigenvalue weighted by Gasteiger charge is -2.17. The van der Waals surface area contributed by atoms with E-state index >= 15 is 0 Å². The third-order valence-corrected chi connectivity index (χ3v) is 2.90. The van der Waals surface area contributed by atoms with E-state index in [0.29, 0.717) is 6.04 Å². The van der Waals surface area contributed by atoms with Crippen molar-refractivity contribution in [2.45, 2.75) is 39.8 Å². The number of rotatable bonds is 6. The van der Waals surface area contributed by atoms with Crippen LogP contribution in [0.25, 0.3) is 0 Å². The van der Waals surface area contributed by atoms with Crippen molar-refractivity contribution in [2.24, 2.45) is 7.05 Å². The van der Waals surface area contributed by atoms with Crippen molar-refractivity contribution in [3.63, 3.8) is 0 Å². The van der Waals surface area contributed by atoms with Crippen LogP contribution in [0.3, 0.4) is 0 Å². The van der Waals surface area contributed by atoms with Crippen molar-refractivity contribution in [3.8, 4) is 0 Å². The molecule has 0 fully saturated rings. The molecule has 0 amide bonds. The Kier molecular flexibility index (Phi) is 4.96. The van der Waals surface area contributed by atoms with Crippen molar-refractivity contribution in [2.75, 3.05) is 13.2 Å². The van der Waals surface area contributed by atoms with Crippen LogP contribution in [0.5, 0.6) is 0 Å². The maximum Gasteiger partial charge on any atom is 0.0671 e. The van der Waals surface area contributed by atoms with E-state index in [0.717, 1.165) is 13.2 Å². The van der Waals surface area contributed by atoms with Gasteiger partial charge in [-0.2, -0.15) is 5.10 Å². The zero-order valence-electron chi connectivity index (χ0n) is 10.9. The van der Waals surface area contributed by atoms with Gasteiger partial charge in [0.2, 0.25) is 0 Å². The van der Waals surface area contributed by atoms with Gasteiger partial charge in [-0.1, -0.05) is 0 Å². The van der Waals surface area contributed by atoms with E-state index in [2.05, 4.69) is 31.2 Å². The maximum absolute atomic E-state index is 5.48. The summed E-state index contributed by atoms with van der Waals surface area (Å²) in [6, 6.07) is 0.316. The average Bonchev–Trinajstić information content (AvgIpc) is 2.57. The molecular formula is C12H23N3O. The minimum atomic E-state index is 0.254. The standard InChI is InChI=1S/C12H23N3O/c1-6-16-9(2)7-13-10(3)12-8-14-15(5)11(12)4/h8-10,13H,6-7H2,1-5H3. The summed E-state index contributed by atoms with van der Waals surface area (Å²) < 4.78 is 7.38. The molecule has 0 radical (unpaired) electrons. The van der Waals surface area contributed by atoms with Gasteiger partial charge in [0.05, 0.1) is 12.3 Å². The highest BCUT2D eigenvalue weighted by molar-refractivity contribution is 5.19. The lowest BCUT2D eigenvalue weighted by atomic mass is 10.1. The fraction of sp³-hybridized carbons (Fsp3) is 0.750. The number of nitrogens with one attached hydrogen (secondary N) is 1. The molecule has 1 heterocycles. The summed E-state index contributed by atoms with van der Waals surface area (Å²) in [6.45, 7) is 9.98. The molecule has 1 N–H and O–H groups in total. The first kappa shape index (κ1) is 13.2. The van der Waals surface area contributed by atoms with Crippen LogP contribution in [-0.2, 0) is 11.8 Å². The average molecular weight is 225 g/mol. The molecule has 1 rings (SSSR count). The second-order valence-electron chi connectivity index (χ2n) is 4.20. The molecule has 0 saturated heterocycles. The number of ether oxygens (including phenoxy) is 1. The molecule has 0 aliphatic heterocycles. The fourth-order valence-electron chi connectivity index (χ4n) is 1.74. The van der Waals surface area contributed by atoms with Crippen molar-refractivity contribution < 1.29 is 4.74 Å². The highest BCUT2D eigenvalue weighted by atomic mass is 16.5. The molecule has 1 aromatic heterocycles. The van der Waals surface area contributed by atoms with E-state index in [4.69, 9.17) is 4.74 Å². The van der Waals surface area contributed by atoms with Crippen molar-refractivity contribution in [1.29, 1.82) is 0 Å².